The highest BCUT2D eigenvalue weighted by molar-refractivity contribution is 7.17. The van der Waals surface area contributed by atoms with Crippen molar-refractivity contribution in [2.24, 2.45) is 0 Å². The number of hydrogen-bond acceptors (Lipinski definition) is 7. The maximum Gasteiger partial charge on any atom is 0.226 e. The van der Waals surface area contributed by atoms with Gasteiger partial charge in [-0.25, -0.2) is 9.97 Å². The smallest absolute Gasteiger partial charge is 0.226 e. The first-order valence-corrected chi connectivity index (χ1v) is 9.35. The average Bonchev–Trinajstić information content (AvgIpc) is 3.37. The number of carbonyl (C=O) groups excluding carboxylic acids is 1. The zero-order valence-corrected chi connectivity index (χ0v) is 15.5. The standard InChI is InChI=1S/C19H19N3O3S/c1-24-13-9-12(10-14(11-13)25-2)17(23)16-18-15(5-8-26-18)20-19(21-16)22-6-3-4-7-22/h5,8-11H,3-4,6-7H2,1-2H3. The zero-order chi connectivity index (χ0) is 18.1. The lowest BCUT2D eigenvalue weighted by molar-refractivity contribution is 0.103. The van der Waals surface area contributed by atoms with Crippen molar-refractivity contribution < 1.29 is 14.3 Å². The zero-order valence-electron chi connectivity index (χ0n) is 14.7. The number of fused-ring (bicyclic) bond motifs is 1. The second-order valence-electron chi connectivity index (χ2n) is 6.13. The van der Waals surface area contributed by atoms with E-state index in [4.69, 9.17) is 9.47 Å². The van der Waals surface area contributed by atoms with Gasteiger partial charge in [0, 0.05) is 24.7 Å². The van der Waals surface area contributed by atoms with Crippen LogP contribution in [0.5, 0.6) is 11.5 Å². The number of thiophene rings is 1. The molecule has 7 heteroatoms. The van der Waals surface area contributed by atoms with Crippen LogP contribution in [0.3, 0.4) is 0 Å². The van der Waals surface area contributed by atoms with Crippen LogP contribution in [0.1, 0.15) is 28.9 Å². The number of nitrogens with zero attached hydrogens (tertiary/aromatic N) is 3. The number of ketones is 1. The summed E-state index contributed by atoms with van der Waals surface area (Å²) in [7, 11) is 3.13. The first kappa shape index (κ1) is 16.8. The lowest BCUT2D eigenvalue weighted by Crippen LogP contribution is -2.21. The van der Waals surface area contributed by atoms with E-state index < -0.39 is 0 Å². The van der Waals surface area contributed by atoms with Crippen LogP contribution in [0, 0.1) is 0 Å². The number of ether oxygens (including phenoxy) is 2. The van der Waals surface area contributed by atoms with Crippen molar-refractivity contribution in [3.63, 3.8) is 0 Å². The summed E-state index contributed by atoms with van der Waals surface area (Å²) < 4.78 is 11.4. The van der Waals surface area contributed by atoms with E-state index in [-0.39, 0.29) is 5.78 Å². The van der Waals surface area contributed by atoms with Gasteiger partial charge in [0.1, 0.15) is 17.2 Å². The molecule has 0 bridgehead atoms. The molecule has 0 atom stereocenters. The van der Waals surface area contributed by atoms with E-state index in [1.165, 1.54) is 11.3 Å². The number of methoxy groups -OCH3 is 2. The summed E-state index contributed by atoms with van der Waals surface area (Å²) in [4.78, 5) is 24.7. The molecule has 6 nitrogen and oxygen atoms in total. The third-order valence-electron chi connectivity index (χ3n) is 4.51. The highest BCUT2D eigenvalue weighted by atomic mass is 32.1. The van der Waals surface area contributed by atoms with Gasteiger partial charge in [-0.1, -0.05) is 0 Å². The van der Waals surface area contributed by atoms with Crippen LogP contribution in [0.15, 0.2) is 29.6 Å². The summed E-state index contributed by atoms with van der Waals surface area (Å²) in [6.07, 6.45) is 2.25. The average molecular weight is 369 g/mol. The molecule has 0 saturated carbocycles. The maximum atomic E-state index is 13.2. The Morgan fingerprint density at radius 3 is 2.42 bits per heavy atom. The largest absolute Gasteiger partial charge is 0.497 e. The fourth-order valence-corrected chi connectivity index (χ4v) is 3.96. The topological polar surface area (TPSA) is 64.6 Å². The molecule has 1 aliphatic heterocycles. The SMILES string of the molecule is COc1cc(OC)cc(C(=O)c2nc(N3CCCC3)nc3ccsc23)c1. The molecule has 1 aliphatic rings. The van der Waals surface area contributed by atoms with Crippen LogP contribution >= 0.6 is 11.3 Å². The molecule has 0 unspecified atom stereocenters. The van der Waals surface area contributed by atoms with Gasteiger partial charge in [0.15, 0.2) is 0 Å². The van der Waals surface area contributed by atoms with Gasteiger partial charge in [0.05, 0.1) is 24.4 Å². The summed E-state index contributed by atoms with van der Waals surface area (Å²) in [5.74, 6) is 1.62. The number of benzene rings is 1. The molecule has 0 amide bonds. The van der Waals surface area contributed by atoms with Gasteiger partial charge < -0.3 is 14.4 Å². The molecule has 1 aromatic carbocycles. The Morgan fingerprint density at radius 2 is 1.77 bits per heavy atom. The second-order valence-corrected chi connectivity index (χ2v) is 7.05. The summed E-state index contributed by atoms with van der Waals surface area (Å²) in [5.41, 5.74) is 1.73. The van der Waals surface area contributed by atoms with Crippen LogP contribution in [0.2, 0.25) is 0 Å². The third kappa shape index (κ3) is 2.99. The van der Waals surface area contributed by atoms with E-state index in [1.807, 2.05) is 11.4 Å². The summed E-state index contributed by atoms with van der Waals surface area (Å²) in [5, 5.41) is 1.94. The van der Waals surface area contributed by atoms with Crippen molar-refractivity contribution in [2.45, 2.75) is 12.8 Å². The first-order chi connectivity index (χ1) is 12.7. The molecule has 1 saturated heterocycles. The number of carbonyl (C=O) groups is 1. The minimum Gasteiger partial charge on any atom is -0.497 e. The number of aromatic nitrogens is 2. The Hall–Kier alpha value is -2.67. The van der Waals surface area contributed by atoms with Gasteiger partial charge >= 0.3 is 0 Å². The Labute approximate surface area is 155 Å². The van der Waals surface area contributed by atoms with E-state index in [2.05, 4.69) is 14.9 Å². The molecule has 0 aliphatic carbocycles. The third-order valence-corrected chi connectivity index (χ3v) is 5.42. The fraction of sp³-hybridized carbons (Fsp3) is 0.316. The van der Waals surface area contributed by atoms with E-state index in [9.17, 15) is 4.79 Å². The molecular formula is C19H19N3O3S. The normalized spacial score (nSPS) is 14.0. The Morgan fingerprint density at radius 1 is 1.08 bits per heavy atom. The molecule has 0 N–H and O–H groups in total. The fourth-order valence-electron chi connectivity index (χ4n) is 3.14. The monoisotopic (exact) mass is 369 g/mol. The second kappa shape index (κ2) is 6.92. The van der Waals surface area contributed by atoms with Crippen LogP contribution in [0.4, 0.5) is 5.95 Å². The van der Waals surface area contributed by atoms with Crippen molar-refractivity contribution in [3.05, 3.63) is 40.9 Å². The molecule has 4 rings (SSSR count). The van der Waals surface area contributed by atoms with Gasteiger partial charge in [-0.3, -0.25) is 4.79 Å². The van der Waals surface area contributed by atoms with E-state index in [1.54, 1.807) is 32.4 Å². The highest BCUT2D eigenvalue weighted by Gasteiger charge is 2.22. The quantitative estimate of drug-likeness (QED) is 0.641. The summed E-state index contributed by atoms with van der Waals surface area (Å²) in [6, 6.07) is 7.10. The van der Waals surface area contributed by atoms with Gasteiger partial charge in [0.25, 0.3) is 0 Å². The molecule has 3 heterocycles. The molecule has 2 aromatic heterocycles. The van der Waals surface area contributed by atoms with Crippen molar-refractivity contribution in [3.8, 4) is 11.5 Å². The van der Waals surface area contributed by atoms with Crippen molar-refractivity contribution in [1.82, 2.24) is 9.97 Å². The molecular weight excluding hydrogens is 350 g/mol. The number of anilines is 1. The van der Waals surface area contributed by atoms with Crippen molar-refractivity contribution >= 4 is 33.3 Å². The molecule has 26 heavy (non-hydrogen) atoms. The predicted molar refractivity (Wildman–Crippen MR) is 102 cm³/mol. The Balaban J connectivity index is 1.82. The van der Waals surface area contributed by atoms with E-state index in [0.717, 1.165) is 36.1 Å². The number of rotatable bonds is 5. The van der Waals surface area contributed by atoms with Crippen molar-refractivity contribution in [1.29, 1.82) is 0 Å². The summed E-state index contributed by atoms with van der Waals surface area (Å²) >= 11 is 1.48. The molecule has 0 spiro atoms. The van der Waals surface area contributed by atoms with Gasteiger partial charge in [-0.15, -0.1) is 11.3 Å². The van der Waals surface area contributed by atoms with Crippen LogP contribution < -0.4 is 14.4 Å². The number of hydrogen-bond donors (Lipinski definition) is 0. The van der Waals surface area contributed by atoms with E-state index >= 15 is 0 Å². The van der Waals surface area contributed by atoms with E-state index in [0.29, 0.717) is 28.7 Å². The van der Waals surface area contributed by atoms with Crippen LogP contribution in [0.25, 0.3) is 10.2 Å². The van der Waals surface area contributed by atoms with Gasteiger partial charge in [-0.05, 0) is 36.4 Å². The van der Waals surface area contributed by atoms with Crippen molar-refractivity contribution in [2.75, 3.05) is 32.2 Å². The molecule has 3 aromatic rings. The van der Waals surface area contributed by atoms with Gasteiger partial charge in [0.2, 0.25) is 11.7 Å². The van der Waals surface area contributed by atoms with Crippen LogP contribution in [-0.4, -0.2) is 43.1 Å². The highest BCUT2D eigenvalue weighted by Crippen LogP contribution is 2.30. The first-order valence-electron chi connectivity index (χ1n) is 8.47. The lowest BCUT2D eigenvalue weighted by atomic mass is 10.1. The molecule has 1 fully saturated rings. The maximum absolute atomic E-state index is 13.2. The molecule has 134 valence electrons. The summed E-state index contributed by atoms with van der Waals surface area (Å²) in [6.45, 7) is 1.85. The predicted octanol–water partition coefficient (Wildman–Crippen LogP) is 3.54. The Bertz CT molecular complexity index is 942. The van der Waals surface area contributed by atoms with Crippen LogP contribution in [-0.2, 0) is 0 Å². The van der Waals surface area contributed by atoms with Gasteiger partial charge in [-0.2, -0.15) is 0 Å². The molecule has 0 radical (unpaired) electrons. The minimum absolute atomic E-state index is 0.155. The minimum atomic E-state index is -0.155. The lowest BCUT2D eigenvalue weighted by Gasteiger charge is -2.16. The Kier molecular flexibility index (Phi) is 4.46.